The average molecular weight is 354 g/mol. The van der Waals surface area contributed by atoms with Gasteiger partial charge in [0, 0.05) is 29.4 Å². The van der Waals surface area contributed by atoms with Gasteiger partial charge in [-0.3, -0.25) is 4.98 Å². The Balaban J connectivity index is 1.65. The molecule has 7 heteroatoms. The first-order valence-corrected chi connectivity index (χ1v) is 8.72. The lowest BCUT2D eigenvalue weighted by Gasteiger charge is -2.22. The van der Waals surface area contributed by atoms with Gasteiger partial charge in [-0.25, -0.2) is 9.97 Å². The lowest BCUT2D eigenvalue weighted by Crippen LogP contribution is -2.31. The zero-order chi connectivity index (χ0) is 18.4. The summed E-state index contributed by atoms with van der Waals surface area (Å²) in [4.78, 5) is 12.7. The van der Waals surface area contributed by atoms with Gasteiger partial charge in [0.15, 0.2) is 0 Å². The van der Waals surface area contributed by atoms with Gasteiger partial charge in [0.25, 0.3) is 0 Å². The molecular formula is C19H22N4O3. The molecule has 3 N–H and O–H groups in total. The molecule has 0 bridgehead atoms. The maximum atomic E-state index is 10.7. The summed E-state index contributed by atoms with van der Waals surface area (Å²) in [5, 5.41) is 32.8. The number of hydrogen-bond donors (Lipinski definition) is 3. The molecule has 5 atom stereocenters. The topological polar surface area (TPSA) is 104 Å². The Morgan fingerprint density at radius 1 is 1.08 bits per heavy atom. The molecule has 0 saturated heterocycles. The van der Waals surface area contributed by atoms with Crippen LogP contribution in [-0.2, 0) is 0 Å². The minimum Gasteiger partial charge on any atom is -0.390 e. The highest BCUT2D eigenvalue weighted by molar-refractivity contribution is 5.78. The Kier molecular flexibility index (Phi) is 4.22. The molecule has 0 radical (unpaired) electrons. The minimum atomic E-state index is -1.03. The van der Waals surface area contributed by atoms with Gasteiger partial charge >= 0.3 is 0 Å². The highest BCUT2D eigenvalue weighted by Crippen LogP contribution is 2.43. The Morgan fingerprint density at radius 3 is 2.62 bits per heavy atom. The van der Waals surface area contributed by atoms with Gasteiger partial charge in [0.05, 0.1) is 23.9 Å². The molecule has 3 heterocycles. The van der Waals surface area contributed by atoms with E-state index in [1.165, 1.54) is 6.33 Å². The summed E-state index contributed by atoms with van der Waals surface area (Å²) in [6.45, 7) is 3.78. The molecule has 1 fully saturated rings. The second kappa shape index (κ2) is 6.42. The molecule has 26 heavy (non-hydrogen) atoms. The van der Waals surface area contributed by atoms with E-state index < -0.39 is 24.2 Å². The van der Waals surface area contributed by atoms with Crippen molar-refractivity contribution in [3.63, 3.8) is 0 Å². The first-order chi connectivity index (χ1) is 12.5. The summed E-state index contributed by atoms with van der Waals surface area (Å²) >= 11 is 0. The van der Waals surface area contributed by atoms with Gasteiger partial charge in [0.2, 0.25) is 0 Å². The molecule has 3 unspecified atom stereocenters. The Hall–Kier alpha value is -2.35. The number of pyridine rings is 1. The summed E-state index contributed by atoms with van der Waals surface area (Å²) in [6, 6.07) is 5.18. The zero-order valence-electron chi connectivity index (χ0n) is 14.7. The van der Waals surface area contributed by atoms with E-state index in [-0.39, 0.29) is 6.04 Å². The fraction of sp³-hybridized carbons (Fsp3) is 0.421. The van der Waals surface area contributed by atoms with Crippen molar-refractivity contribution < 1.29 is 15.3 Å². The Bertz CT molecular complexity index is 924. The molecule has 7 nitrogen and oxygen atoms in total. The molecule has 136 valence electrons. The number of nitrogens with zero attached hydrogens (tertiary/aromatic N) is 4. The molecule has 0 aliphatic heterocycles. The van der Waals surface area contributed by atoms with Gasteiger partial charge in [-0.1, -0.05) is 6.07 Å². The van der Waals surface area contributed by atoms with Crippen LogP contribution in [0.1, 0.15) is 35.5 Å². The number of fused-ring (bicyclic) bond motifs is 1. The van der Waals surface area contributed by atoms with Crippen molar-refractivity contribution in [2.45, 2.75) is 44.6 Å². The Labute approximate surface area is 151 Å². The van der Waals surface area contributed by atoms with E-state index in [1.807, 2.05) is 36.7 Å². The average Bonchev–Trinajstić information content (AvgIpc) is 3.18. The summed E-state index contributed by atoms with van der Waals surface area (Å²) in [5.74, 6) is -0.486. The van der Waals surface area contributed by atoms with Crippen LogP contribution in [0.5, 0.6) is 0 Å². The number of rotatable bonds is 3. The van der Waals surface area contributed by atoms with Crippen LogP contribution in [0.15, 0.2) is 36.9 Å². The zero-order valence-corrected chi connectivity index (χ0v) is 14.7. The van der Waals surface area contributed by atoms with Gasteiger partial charge in [0.1, 0.15) is 18.1 Å². The summed E-state index contributed by atoms with van der Waals surface area (Å²) in [5.41, 5.74) is 3.09. The van der Waals surface area contributed by atoms with Crippen molar-refractivity contribution in [2.75, 3.05) is 0 Å². The monoisotopic (exact) mass is 354 g/mol. The number of hydrogen-bond acceptors (Lipinski definition) is 6. The molecule has 3 aromatic rings. The minimum absolute atomic E-state index is 0.366. The normalized spacial score (nSPS) is 27.1. The second-order valence-corrected chi connectivity index (χ2v) is 7.05. The first-order valence-electron chi connectivity index (χ1n) is 8.72. The molecule has 0 amide bonds. The SMILES string of the molecule is Cc1ccc(C(O)C2CC(n3ccc4c(C)ncnc43)[C@H](O)[C@@H]2O)cn1. The van der Waals surface area contributed by atoms with E-state index in [1.54, 1.807) is 12.3 Å². The van der Waals surface area contributed by atoms with Crippen molar-refractivity contribution in [2.24, 2.45) is 5.92 Å². The number of aromatic nitrogens is 4. The fourth-order valence-electron chi connectivity index (χ4n) is 3.90. The molecule has 1 aliphatic carbocycles. The number of aliphatic hydroxyl groups is 3. The molecule has 0 aromatic carbocycles. The number of aliphatic hydroxyl groups excluding tert-OH is 3. The van der Waals surface area contributed by atoms with Crippen LogP contribution in [0.2, 0.25) is 0 Å². The third-order valence-electron chi connectivity index (χ3n) is 5.44. The second-order valence-electron chi connectivity index (χ2n) is 7.05. The third-order valence-corrected chi connectivity index (χ3v) is 5.44. The van der Waals surface area contributed by atoms with Crippen molar-refractivity contribution in [1.29, 1.82) is 0 Å². The first kappa shape index (κ1) is 17.1. The standard InChI is InChI=1S/C19H22N4O3/c1-10-3-4-12(8-20-10)16(24)14-7-15(18(26)17(14)25)23-6-5-13-11(2)21-9-22-19(13)23/h3-6,8-9,14-18,24-26H,7H2,1-2H3/t14?,15?,16?,17-,18+/m1/s1. The van der Waals surface area contributed by atoms with Crippen molar-refractivity contribution >= 4 is 11.0 Å². The fourth-order valence-corrected chi connectivity index (χ4v) is 3.90. The number of aryl methyl sites for hydroxylation is 2. The highest BCUT2D eigenvalue weighted by Gasteiger charge is 2.46. The van der Waals surface area contributed by atoms with Gasteiger partial charge < -0.3 is 19.9 Å². The summed E-state index contributed by atoms with van der Waals surface area (Å²) in [6.07, 6.45) is 2.50. The van der Waals surface area contributed by atoms with Crippen LogP contribution >= 0.6 is 0 Å². The lowest BCUT2D eigenvalue weighted by atomic mass is 9.93. The third kappa shape index (κ3) is 2.68. The van der Waals surface area contributed by atoms with Crippen LogP contribution < -0.4 is 0 Å². The van der Waals surface area contributed by atoms with E-state index >= 15 is 0 Å². The van der Waals surface area contributed by atoms with E-state index in [4.69, 9.17) is 0 Å². The lowest BCUT2D eigenvalue weighted by molar-refractivity contribution is -0.0265. The molecule has 4 rings (SSSR count). The molecule has 1 saturated carbocycles. The molecule has 1 aliphatic rings. The van der Waals surface area contributed by atoms with E-state index in [0.717, 1.165) is 22.4 Å². The molecular weight excluding hydrogens is 332 g/mol. The van der Waals surface area contributed by atoms with Crippen molar-refractivity contribution in [3.05, 3.63) is 53.9 Å². The smallest absolute Gasteiger partial charge is 0.143 e. The maximum Gasteiger partial charge on any atom is 0.143 e. The van der Waals surface area contributed by atoms with Gasteiger partial charge in [-0.2, -0.15) is 0 Å². The Morgan fingerprint density at radius 2 is 1.88 bits per heavy atom. The molecule has 3 aromatic heterocycles. The van der Waals surface area contributed by atoms with E-state index in [9.17, 15) is 15.3 Å². The summed E-state index contributed by atoms with van der Waals surface area (Å²) < 4.78 is 1.87. The predicted octanol–water partition coefficient (Wildman–Crippen LogP) is 1.46. The summed E-state index contributed by atoms with van der Waals surface area (Å²) in [7, 11) is 0. The molecule has 0 spiro atoms. The van der Waals surface area contributed by atoms with Crippen LogP contribution in [0, 0.1) is 19.8 Å². The van der Waals surface area contributed by atoms with Crippen molar-refractivity contribution in [1.82, 2.24) is 19.5 Å². The largest absolute Gasteiger partial charge is 0.390 e. The highest BCUT2D eigenvalue weighted by atomic mass is 16.3. The van der Waals surface area contributed by atoms with E-state index in [2.05, 4.69) is 15.0 Å². The van der Waals surface area contributed by atoms with Gasteiger partial charge in [-0.05, 0) is 38.0 Å². The quantitative estimate of drug-likeness (QED) is 0.658. The van der Waals surface area contributed by atoms with Crippen LogP contribution in [-0.4, -0.2) is 47.0 Å². The van der Waals surface area contributed by atoms with Crippen LogP contribution in [0.4, 0.5) is 0 Å². The van der Waals surface area contributed by atoms with E-state index in [0.29, 0.717) is 12.0 Å². The van der Waals surface area contributed by atoms with Crippen LogP contribution in [0.3, 0.4) is 0 Å². The predicted molar refractivity (Wildman–Crippen MR) is 95.4 cm³/mol. The van der Waals surface area contributed by atoms with Gasteiger partial charge in [-0.15, -0.1) is 0 Å². The maximum absolute atomic E-state index is 10.7. The van der Waals surface area contributed by atoms with Crippen molar-refractivity contribution in [3.8, 4) is 0 Å². The van der Waals surface area contributed by atoms with Crippen LogP contribution in [0.25, 0.3) is 11.0 Å².